The number of methoxy groups -OCH3 is 1. The van der Waals surface area contributed by atoms with Crippen molar-refractivity contribution in [3.63, 3.8) is 0 Å². The van der Waals surface area contributed by atoms with Gasteiger partial charge in [-0.3, -0.25) is 0 Å². The molecular formula is C27H21NO4. The fraction of sp³-hybridized carbons (Fsp3) is 0.148. The standard InChI is InChI=1S/C27H21NO4/c1-29-27-20-15-18-9-5-6-10-21(18)28-25(20)24(26(32-27)17-7-3-2-4-8-17)19-11-12-22-23(16-19)31-14-13-30-22/h2-12,15-16,27H,13-14H2,1H3. The van der Waals surface area contributed by atoms with Gasteiger partial charge in [-0.05, 0) is 29.8 Å². The molecule has 0 radical (unpaired) electrons. The number of pyridine rings is 1. The summed E-state index contributed by atoms with van der Waals surface area (Å²) < 4.78 is 23.8. The molecule has 5 heteroatoms. The number of hydrogen-bond donors (Lipinski definition) is 0. The van der Waals surface area contributed by atoms with Crippen molar-refractivity contribution < 1.29 is 18.9 Å². The predicted octanol–water partition coefficient (Wildman–Crippen LogP) is 5.60. The summed E-state index contributed by atoms with van der Waals surface area (Å²) in [6.45, 7) is 1.09. The monoisotopic (exact) mass is 423 g/mol. The van der Waals surface area contributed by atoms with Gasteiger partial charge in [0.05, 0.1) is 16.8 Å². The Labute approximate surface area is 185 Å². The van der Waals surface area contributed by atoms with E-state index in [2.05, 4.69) is 12.1 Å². The number of hydrogen-bond acceptors (Lipinski definition) is 5. The van der Waals surface area contributed by atoms with E-state index in [1.54, 1.807) is 7.11 Å². The van der Waals surface area contributed by atoms with E-state index < -0.39 is 6.29 Å². The maximum atomic E-state index is 6.45. The minimum absolute atomic E-state index is 0.531. The topological polar surface area (TPSA) is 49.8 Å². The van der Waals surface area contributed by atoms with Gasteiger partial charge in [-0.25, -0.2) is 4.98 Å². The number of aromatic nitrogens is 1. The number of ether oxygens (including phenoxy) is 4. The minimum atomic E-state index is -0.557. The molecule has 2 aliphatic heterocycles. The highest BCUT2D eigenvalue weighted by Gasteiger charge is 2.32. The van der Waals surface area contributed by atoms with Gasteiger partial charge in [0.15, 0.2) is 11.5 Å². The van der Waals surface area contributed by atoms with Crippen LogP contribution < -0.4 is 9.47 Å². The molecule has 2 aliphatic rings. The zero-order valence-corrected chi connectivity index (χ0v) is 17.6. The molecule has 6 rings (SSSR count). The quantitative estimate of drug-likeness (QED) is 0.429. The van der Waals surface area contributed by atoms with Gasteiger partial charge >= 0.3 is 0 Å². The highest BCUT2D eigenvalue weighted by Crippen LogP contribution is 2.45. The van der Waals surface area contributed by atoms with Crippen molar-refractivity contribution >= 4 is 22.2 Å². The molecule has 0 aliphatic carbocycles. The molecule has 0 fully saturated rings. The molecule has 1 unspecified atom stereocenters. The Morgan fingerprint density at radius 3 is 2.44 bits per heavy atom. The second kappa shape index (κ2) is 7.70. The lowest BCUT2D eigenvalue weighted by Gasteiger charge is -2.30. The number of fused-ring (bicyclic) bond motifs is 3. The first kappa shape index (κ1) is 18.9. The van der Waals surface area contributed by atoms with Crippen molar-refractivity contribution in [2.45, 2.75) is 6.29 Å². The molecule has 1 atom stereocenters. The van der Waals surface area contributed by atoms with E-state index in [0.717, 1.165) is 56.1 Å². The maximum Gasteiger partial charge on any atom is 0.228 e. The third kappa shape index (κ3) is 3.10. The van der Waals surface area contributed by atoms with Gasteiger partial charge in [0.2, 0.25) is 6.29 Å². The van der Waals surface area contributed by atoms with Crippen LogP contribution in [0.2, 0.25) is 0 Å². The molecule has 0 amide bonds. The van der Waals surface area contributed by atoms with Crippen LogP contribution in [0.4, 0.5) is 0 Å². The molecule has 3 heterocycles. The maximum absolute atomic E-state index is 6.45. The summed E-state index contributed by atoms with van der Waals surface area (Å²) in [7, 11) is 1.65. The van der Waals surface area contributed by atoms with Crippen molar-refractivity contribution in [2.24, 2.45) is 0 Å². The molecule has 5 nitrogen and oxygen atoms in total. The lowest BCUT2D eigenvalue weighted by atomic mass is 9.91. The molecule has 158 valence electrons. The summed E-state index contributed by atoms with van der Waals surface area (Å²) in [5.74, 6) is 2.20. The molecule has 0 bridgehead atoms. The van der Waals surface area contributed by atoms with Crippen LogP contribution in [-0.4, -0.2) is 25.3 Å². The van der Waals surface area contributed by atoms with E-state index in [-0.39, 0.29) is 0 Å². The van der Waals surface area contributed by atoms with Crippen LogP contribution in [0.25, 0.3) is 22.2 Å². The highest BCUT2D eigenvalue weighted by atomic mass is 16.7. The second-order valence-corrected chi connectivity index (χ2v) is 7.73. The molecule has 1 aromatic heterocycles. The van der Waals surface area contributed by atoms with Crippen LogP contribution in [0, 0.1) is 0 Å². The summed E-state index contributed by atoms with van der Waals surface area (Å²) in [6, 6.07) is 26.2. The molecular weight excluding hydrogens is 402 g/mol. The Morgan fingerprint density at radius 1 is 0.812 bits per heavy atom. The Hall–Kier alpha value is -3.83. The molecule has 4 aromatic rings. The second-order valence-electron chi connectivity index (χ2n) is 7.73. The van der Waals surface area contributed by atoms with E-state index in [1.807, 2.05) is 66.7 Å². The lowest BCUT2D eigenvalue weighted by molar-refractivity contribution is -0.0771. The van der Waals surface area contributed by atoms with Crippen LogP contribution in [-0.2, 0) is 9.47 Å². The zero-order chi connectivity index (χ0) is 21.5. The first-order valence-electron chi connectivity index (χ1n) is 10.6. The molecule has 0 saturated heterocycles. The smallest absolute Gasteiger partial charge is 0.228 e. The van der Waals surface area contributed by atoms with E-state index in [0.29, 0.717) is 13.2 Å². The fourth-order valence-electron chi connectivity index (χ4n) is 4.29. The molecule has 32 heavy (non-hydrogen) atoms. The molecule has 0 saturated carbocycles. The summed E-state index contributed by atoms with van der Waals surface area (Å²) in [6.07, 6.45) is -0.557. The summed E-state index contributed by atoms with van der Waals surface area (Å²) >= 11 is 0. The lowest BCUT2D eigenvalue weighted by Crippen LogP contribution is -2.18. The average molecular weight is 423 g/mol. The minimum Gasteiger partial charge on any atom is -0.486 e. The SMILES string of the molecule is COC1OC(c2ccccc2)=C(c2ccc3c(c2)OCCO3)c2nc3ccccc3cc21. The largest absolute Gasteiger partial charge is 0.486 e. The van der Waals surface area contributed by atoms with Crippen LogP contribution in [0.15, 0.2) is 78.9 Å². The molecule has 0 spiro atoms. The first-order valence-corrected chi connectivity index (χ1v) is 10.6. The predicted molar refractivity (Wildman–Crippen MR) is 122 cm³/mol. The Morgan fingerprint density at radius 2 is 1.59 bits per heavy atom. The highest BCUT2D eigenvalue weighted by molar-refractivity contribution is 5.99. The van der Waals surface area contributed by atoms with Gasteiger partial charge in [0, 0.05) is 23.6 Å². The summed E-state index contributed by atoms with van der Waals surface area (Å²) in [5.41, 5.74) is 5.48. The first-order chi connectivity index (χ1) is 15.8. The van der Waals surface area contributed by atoms with E-state index in [1.165, 1.54) is 0 Å². The van der Waals surface area contributed by atoms with Crippen molar-refractivity contribution in [1.82, 2.24) is 4.98 Å². The van der Waals surface area contributed by atoms with Crippen molar-refractivity contribution in [3.8, 4) is 11.5 Å². The average Bonchev–Trinajstić information content (AvgIpc) is 2.86. The zero-order valence-electron chi connectivity index (χ0n) is 17.6. The number of benzene rings is 3. The van der Waals surface area contributed by atoms with Gasteiger partial charge < -0.3 is 18.9 Å². The van der Waals surface area contributed by atoms with Crippen LogP contribution in [0.1, 0.15) is 28.7 Å². The van der Waals surface area contributed by atoms with Crippen LogP contribution in [0.3, 0.4) is 0 Å². The van der Waals surface area contributed by atoms with Gasteiger partial charge in [-0.2, -0.15) is 0 Å². The van der Waals surface area contributed by atoms with Crippen LogP contribution in [0.5, 0.6) is 11.5 Å². The van der Waals surface area contributed by atoms with Crippen molar-refractivity contribution in [2.75, 3.05) is 20.3 Å². The van der Waals surface area contributed by atoms with Gasteiger partial charge in [0.1, 0.15) is 19.0 Å². The van der Waals surface area contributed by atoms with Gasteiger partial charge in [-0.1, -0.05) is 54.6 Å². The summed E-state index contributed by atoms with van der Waals surface area (Å²) in [5, 5.41) is 1.04. The normalized spacial score (nSPS) is 17.1. The summed E-state index contributed by atoms with van der Waals surface area (Å²) in [4.78, 5) is 5.07. The van der Waals surface area contributed by atoms with Crippen molar-refractivity contribution in [3.05, 3.63) is 101 Å². The Kier molecular flexibility index (Phi) is 4.55. The van der Waals surface area contributed by atoms with Gasteiger partial charge in [-0.15, -0.1) is 0 Å². The Balaban J connectivity index is 1.65. The van der Waals surface area contributed by atoms with Crippen molar-refractivity contribution in [1.29, 1.82) is 0 Å². The van der Waals surface area contributed by atoms with E-state index in [4.69, 9.17) is 23.9 Å². The van der Waals surface area contributed by atoms with Crippen LogP contribution >= 0.6 is 0 Å². The van der Waals surface area contributed by atoms with Gasteiger partial charge in [0.25, 0.3) is 0 Å². The third-order valence-corrected chi connectivity index (χ3v) is 5.78. The molecule has 3 aromatic carbocycles. The Bertz CT molecular complexity index is 1350. The number of nitrogens with zero attached hydrogens (tertiary/aromatic N) is 1. The van der Waals surface area contributed by atoms with E-state index >= 15 is 0 Å². The third-order valence-electron chi connectivity index (χ3n) is 5.78. The fourth-order valence-corrected chi connectivity index (χ4v) is 4.29. The molecule has 0 N–H and O–H groups in total. The number of para-hydroxylation sites is 1. The van der Waals surface area contributed by atoms with E-state index in [9.17, 15) is 0 Å². The number of rotatable bonds is 3.